The van der Waals surface area contributed by atoms with Crippen molar-refractivity contribution in [1.29, 1.82) is 0 Å². The summed E-state index contributed by atoms with van der Waals surface area (Å²) in [6, 6.07) is 15.6. The van der Waals surface area contributed by atoms with Gasteiger partial charge in [0.05, 0.1) is 5.92 Å². The number of rotatable bonds is 5. The summed E-state index contributed by atoms with van der Waals surface area (Å²) in [5, 5.41) is 5.73. The van der Waals surface area contributed by atoms with E-state index in [4.69, 9.17) is 0 Å². The number of hydrogen-bond donors (Lipinski definition) is 2. The number of benzene rings is 2. The van der Waals surface area contributed by atoms with Gasteiger partial charge in [0.15, 0.2) is 0 Å². The molecule has 6 heteroatoms. The first-order valence-corrected chi connectivity index (χ1v) is 9.25. The quantitative estimate of drug-likeness (QED) is 0.848. The SMILES string of the molecule is O=C(NCCc1ccccc1F)C1CCCN(C(=O)Nc2ccccc2)C1. The van der Waals surface area contributed by atoms with Crippen LogP contribution < -0.4 is 10.6 Å². The zero-order valence-corrected chi connectivity index (χ0v) is 15.2. The van der Waals surface area contributed by atoms with Gasteiger partial charge in [0.2, 0.25) is 5.91 Å². The predicted octanol–water partition coefficient (Wildman–Crippen LogP) is 3.43. The maximum absolute atomic E-state index is 13.6. The second-order valence-corrected chi connectivity index (χ2v) is 6.71. The lowest BCUT2D eigenvalue weighted by Crippen LogP contribution is -2.47. The second-order valence-electron chi connectivity index (χ2n) is 6.71. The Balaban J connectivity index is 1.47. The highest BCUT2D eigenvalue weighted by Gasteiger charge is 2.28. The third kappa shape index (κ3) is 5.29. The van der Waals surface area contributed by atoms with Gasteiger partial charge in [-0.15, -0.1) is 0 Å². The zero-order chi connectivity index (χ0) is 19.1. The molecule has 2 aromatic carbocycles. The molecular formula is C21H24FN3O2. The van der Waals surface area contributed by atoms with Crippen LogP contribution in [0.2, 0.25) is 0 Å². The summed E-state index contributed by atoms with van der Waals surface area (Å²) >= 11 is 0. The Bertz CT molecular complexity index is 782. The fourth-order valence-electron chi connectivity index (χ4n) is 3.27. The van der Waals surface area contributed by atoms with Gasteiger partial charge in [-0.05, 0) is 43.0 Å². The number of piperidine rings is 1. The van der Waals surface area contributed by atoms with E-state index >= 15 is 0 Å². The average molecular weight is 369 g/mol. The molecule has 142 valence electrons. The number of urea groups is 1. The maximum atomic E-state index is 13.6. The third-order valence-corrected chi connectivity index (χ3v) is 4.76. The smallest absolute Gasteiger partial charge is 0.321 e. The highest BCUT2D eigenvalue weighted by atomic mass is 19.1. The Morgan fingerprint density at radius 2 is 1.81 bits per heavy atom. The molecule has 0 aliphatic carbocycles. The van der Waals surface area contributed by atoms with Gasteiger partial charge in [0, 0.05) is 25.3 Å². The Kier molecular flexibility index (Phi) is 6.41. The molecule has 1 saturated heterocycles. The maximum Gasteiger partial charge on any atom is 0.321 e. The highest BCUT2D eigenvalue weighted by Crippen LogP contribution is 2.18. The van der Waals surface area contributed by atoms with E-state index in [0.29, 0.717) is 31.6 Å². The second kappa shape index (κ2) is 9.16. The number of anilines is 1. The van der Waals surface area contributed by atoms with Crippen LogP contribution >= 0.6 is 0 Å². The third-order valence-electron chi connectivity index (χ3n) is 4.76. The van der Waals surface area contributed by atoms with Crippen LogP contribution in [-0.4, -0.2) is 36.5 Å². The van der Waals surface area contributed by atoms with Crippen LogP contribution in [0.5, 0.6) is 0 Å². The first kappa shape index (κ1) is 18.9. The molecule has 3 rings (SSSR count). The van der Waals surface area contributed by atoms with Crippen molar-refractivity contribution in [2.45, 2.75) is 19.3 Å². The molecule has 1 atom stereocenters. The van der Waals surface area contributed by atoms with E-state index in [2.05, 4.69) is 10.6 Å². The van der Waals surface area contributed by atoms with Gasteiger partial charge in [-0.2, -0.15) is 0 Å². The van der Waals surface area contributed by atoms with Crippen molar-refractivity contribution in [1.82, 2.24) is 10.2 Å². The van der Waals surface area contributed by atoms with Gasteiger partial charge < -0.3 is 15.5 Å². The zero-order valence-electron chi connectivity index (χ0n) is 15.2. The molecule has 0 spiro atoms. The van der Waals surface area contributed by atoms with Crippen LogP contribution in [0.25, 0.3) is 0 Å². The molecule has 2 N–H and O–H groups in total. The lowest BCUT2D eigenvalue weighted by atomic mass is 9.97. The summed E-state index contributed by atoms with van der Waals surface area (Å²) in [4.78, 5) is 26.5. The number of hydrogen-bond acceptors (Lipinski definition) is 2. The number of halogens is 1. The first-order valence-electron chi connectivity index (χ1n) is 9.25. The standard InChI is InChI=1S/C21H24FN3O2/c22-19-11-5-4-7-16(19)12-13-23-20(26)17-8-6-14-25(15-17)21(27)24-18-9-2-1-3-10-18/h1-5,7,9-11,17H,6,8,12-15H2,(H,23,26)(H,24,27). The van der Waals surface area contributed by atoms with Gasteiger partial charge in [0.1, 0.15) is 5.82 Å². The number of carbonyl (C=O) groups is 2. The van der Waals surface area contributed by atoms with Crippen LogP contribution in [0.3, 0.4) is 0 Å². The molecule has 0 aromatic heterocycles. The van der Waals surface area contributed by atoms with Crippen molar-refractivity contribution in [3.05, 3.63) is 66.0 Å². The highest BCUT2D eigenvalue weighted by molar-refractivity contribution is 5.90. The number of nitrogens with one attached hydrogen (secondary N) is 2. The molecule has 1 aliphatic rings. The minimum absolute atomic E-state index is 0.0800. The number of carbonyl (C=O) groups excluding carboxylic acids is 2. The van der Waals surface area contributed by atoms with E-state index < -0.39 is 0 Å². The van der Waals surface area contributed by atoms with Gasteiger partial charge in [-0.3, -0.25) is 4.79 Å². The largest absolute Gasteiger partial charge is 0.355 e. The predicted molar refractivity (Wildman–Crippen MR) is 103 cm³/mol. The van der Waals surface area contributed by atoms with Crippen molar-refractivity contribution in [3.63, 3.8) is 0 Å². The Labute approximate surface area is 158 Å². The van der Waals surface area contributed by atoms with E-state index in [1.807, 2.05) is 30.3 Å². The molecule has 27 heavy (non-hydrogen) atoms. The van der Waals surface area contributed by atoms with Crippen molar-refractivity contribution in [2.75, 3.05) is 25.0 Å². The Hall–Kier alpha value is -2.89. The summed E-state index contributed by atoms with van der Waals surface area (Å²) in [6.07, 6.45) is 1.98. The van der Waals surface area contributed by atoms with Crippen LogP contribution in [0.4, 0.5) is 14.9 Å². The van der Waals surface area contributed by atoms with Gasteiger partial charge >= 0.3 is 6.03 Å². The molecule has 0 radical (unpaired) electrons. The molecule has 2 aromatic rings. The molecule has 3 amide bonds. The first-order chi connectivity index (χ1) is 13.1. The molecule has 0 saturated carbocycles. The van der Waals surface area contributed by atoms with Crippen LogP contribution in [-0.2, 0) is 11.2 Å². The summed E-state index contributed by atoms with van der Waals surface area (Å²) in [5.74, 6) is -0.572. The number of likely N-dealkylation sites (tertiary alicyclic amines) is 1. The summed E-state index contributed by atoms with van der Waals surface area (Å²) in [6.45, 7) is 1.41. The number of nitrogens with zero attached hydrogens (tertiary/aromatic N) is 1. The van der Waals surface area contributed by atoms with Crippen molar-refractivity contribution < 1.29 is 14.0 Å². The molecule has 1 fully saturated rings. The van der Waals surface area contributed by atoms with Crippen molar-refractivity contribution >= 4 is 17.6 Å². The Morgan fingerprint density at radius 3 is 2.59 bits per heavy atom. The number of para-hydroxylation sites is 1. The van der Waals surface area contributed by atoms with Crippen molar-refractivity contribution in [3.8, 4) is 0 Å². The van der Waals surface area contributed by atoms with Gasteiger partial charge in [-0.1, -0.05) is 36.4 Å². The molecule has 0 bridgehead atoms. The fourth-order valence-corrected chi connectivity index (χ4v) is 3.27. The molecule has 1 aliphatic heterocycles. The minimum Gasteiger partial charge on any atom is -0.355 e. The van der Waals surface area contributed by atoms with E-state index in [1.54, 1.807) is 23.1 Å². The minimum atomic E-state index is -0.256. The molecular weight excluding hydrogens is 345 g/mol. The lowest BCUT2D eigenvalue weighted by molar-refractivity contribution is -0.126. The fraction of sp³-hybridized carbons (Fsp3) is 0.333. The molecule has 5 nitrogen and oxygen atoms in total. The van der Waals surface area contributed by atoms with Gasteiger partial charge in [0.25, 0.3) is 0 Å². The summed E-state index contributed by atoms with van der Waals surface area (Å²) in [5.41, 5.74) is 1.32. The molecule has 1 heterocycles. The topological polar surface area (TPSA) is 61.4 Å². The van der Waals surface area contributed by atoms with E-state index in [9.17, 15) is 14.0 Å². The van der Waals surface area contributed by atoms with E-state index in [-0.39, 0.29) is 23.7 Å². The number of amides is 3. The molecule has 1 unspecified atom stereocenters. The van der Waals surface area contributed by atoms with Crippen LogP contribution in [0.1, 0.15) is 18.4 Å². The van der Waals surface area contributed by atoms with Crippen molar-refractivity contribution in [2.24, 2.45) is 5.92 Å². The van der Waals surface area contributed by atoms with E-state index in [1.165, 1.54) is 6.07 Å². The van der Waals surface area contributed by atoms with E-state index in [0.717, 1.165) is 18.5 Å². The van der Waals surface area contributed by atoms with Crippen LogP contribution in [0, 0.1) is 11.7 Å². The summed E-state index contributed by atoms with van der Waals surface area (Å²) < 4.78 is 13.6. The Morgan fingerprint density at radius 1 is 1.07 bits per heavy atom. The van der Waals surface area contributed by atoms with Crippen LogP contribution in [0.15, 0.2) is 54.6 Å². The normalized spacial score (nSPS) is 16.6. The van der Waals surface area contributed by atoms with Gasteiger partial charge in [-0.25, -0.2) is 9.18 Å². The lowest BCUT2D eigenvalue weighted by Gasteiger charge is -2.32. The summed E-state index contributed by atoms with van der Waals surface area (Å²) in [7, 11) is 0. The average Bonchev–Trinajstić information content (AvgIpc) is 2.70. The monoisotopic (exact) mass is 369 g/mol.